The highest BCUT2D eigenvalue weighted by Crippen LogP contribution is 2.64. The summed E-state index contributed by atoms with van der Waals surface area (Å²) in [6.07, 6.45) is 10.6. The van der Waals surface area contributed by atoms with Crippen LogP contribution in [0.3, 0.4) is 0 Å². The van der Waals surface area contributed by atoms with Gasteiger partial charge in [0.05, 0.1) is 12.5 Å². The van der Waals surface area contributed by atoms with E-state index in [0.29, 0.717) is 42.6 Å². The maximum atomic E-state index is 12.9. The number of guanidine groups is 1. The number of nitrogens with two attached hydrogens (primary N) is 2. The number of nitrogens with zero attached hydrogens (tertiary/aromatic N) is 1. The first kappa shape index (κ1) is 24.8. The standard InChI is InChI=1S/C25H43N3O4/c1-24-11-9-16(15-21(29)30)14-17(24)7-8-18-19(6-4-5-13-28-23(26)27)25(2,22(31)32-3)12-10-20(18)24/h16-20H,4-15H2,1-3H3,(H,29,30)(H4,26,27,28)/t16-,17-,18-,19-,20-,24-,25-/m0/s1. The molecule has 5 N–H and O–H groups in total. The van der Waals surface area contributed by atoms with Gasteiger partial charge in [-0.25, -0.2) is 0 Å². The van der Waals surface area contributed by atoms with Crippen molar-refractivity contribution in [3.8, 4) is 0 Å². The van der Waals surface area contributed by atoms with Gasteiger partial charge in [-0.15, -0.1) is 0 Å². The number of rotatable bonds is 8. The number of ether oxygens (including phenoxy) is 1. The topological polar surface area (TPSA) is 128 Å². The molecule has 0 radical (unpaired) electrons. The monoisotopic (exact) mass is 449 g/mol. The maximum absolute atomic E-state index is 12.9. The molecule has 0 heterocycles. The van der Waals surface area contributed by atoms with Gasteiger partial charge >= 0.3 is 11.9 Å². The zero-order valence-corrected chi connectivity index (χ0v) is 20.1. The SMILES string of the molecule is COC(=O)[C@@]1(C)CC[C@H]2[C@@H](CC[C@H]3C[C@@H](CC(=O)O)CC[C@@]32C)[C@@H]1CCCCN=C(N)N. The zero-order chi connectivity index (χ0) is 23.5. The Labute approximate surface area is 192 Å². The third kappa shape index (κ3) is 4.91. The minimum atomic E-state index is -0.667. The van der Waals surface area contributed by atoms with Gasteiger partial charge in [0.15, 0.2) is 5.96 Å². The number of carboxylic acid groups (broad SMARTS) is 1. The first-order valence-electron chi connectivity index (χ1n) is 12.5. The van der Waals surface area contributed by atoms with E-state index in [4.69, 9.17) is 16.2 Å². The maximum Gasteiger partial charge on any atom is 0.311 e. The Balaban J connectivity index is 1.76. The number of methoxy groups -OCH3 is 1. The van der Waals surface area contributed by atoms with Gasteiger partial charge in [-0.3, -0.25) is 14.6 Å². The minimum absolute atomic E-state index is 0.0670. The van der Waals surface area contributed by atoms with Crippen LogP contribution in [0.1, 0.15) is 84.5 Å². The second kappa shape index (κ2) is 10.0. The lowest BCUT2D eigenvalue weighted by Gasteiger charge is -2.61. The van der Waals surface area contributed by atoms with Crippen molar-refractivity contribution in [2.75, 3.05) is 13.7 Å². The molecule has 7 heteroatoms. The molecule has 0 aromatic carbocycles. The summed E-state index contributed by atoms with van der Waals surface area (Å²) in [5, 5.41) is 9.27. The molecule has 7 atom stereocenters. The summed E-state index contributed by atoms with van der Waals surface area (Å²) in [5.41, 5.74) is 10.7. The summed E-state index contributed by atoms with van der Waals surface area (Å²) in [7, 11) is 1.51. The van der Waals surface area contributed by atoms with E-state index in [2.05, 4.69) is 18.8 Å². The van der Waals surface area contributed by atoms with Gasteiger partial charge in [-0.2, -0.15) is 0 Å². The van der Waals surface area contributed by atoms with Crippen molar-refractivity contribution in [1.29, 1.82) is 0 Å². The fourth-order valence-corrected chi connectivity index (χ4v) is 7.80. The van der Waals surface area contributed by atoms with Crippen LogP contribution >= 0.6 is 0 Å². The van der Waals surface area contributed by atoms with E-state index in [1.165, 1.54) is 7.11 Å². The number of carboxylic acids is 1. The summed E-state index contributed by atoms with van der Waals surface area (Å²) in [4.78, 5) is 28.3. The minimum Gasteiger partial charge on any atom is -0.481 e. The average molecular weight is 450 g/mol. The zero-order valence-electron chi connectivity index (χ0n) is 20.1. The third-order valence-electron chi connectivity index (χ3n) is 9.50. The van der Waals surface area contributed by atoms with Crippen LogP contribution in [0.25, 0.3) is 0 Å². The number of aliphatic carboxylic acids is 1. The number of carbonyl (C=O) groups is 2. The number of unbranched alkanes of at least 4 members (excludes halogenated alkanes) is 1. The Hall–Kier alpha value is -1.79. The van der Waals surface area contributed by atoms with Crippen molar-refractivity contribution in [1.82, 2.24) is 0 Å². The van der Waals surface area contributed by atoms with Crippen molar-refractivity contribution in [3.63, 3.8) is 0 Å². The fourth-order valence-electron chi connectivity index (χ4n) is 7.80. The summed E-state index contributed by atoms with van der Waals surface area (Å²) >= 11 is 0. The van der Waals surface area contributed by atoms with Gasteiger partial charge < -0.3 is 21.3 Å². The highest BCUT2D eigenvalue weighted by Gasteiger charge is 2.58. The van der Waals surface area contributed by atoms with Gasteiger partial charge in [0.25, 0.3) is 0 Å². The summed E-state index contributed by atoms with van der Waals surface area (Å²) < 4.78 is 5.29. The van der Waals surface area contributed by atoms with E-state index in [9.17, 15) is 14.7 Å². The predicted molar refractivity (Wildman–Crippen MR) is 125 cm³/mol. The first-order valence-corrected chi connectivity index (χ1v) is 12.5. The van der Waals surface area contributed by atoms with Crippen molar-refractivity contribution in [2.45, 2.75) is 84.5 Å². The van der Waals surface area contributed by atoms with Gasteiger partial charge in [0.1, 0.15) is 0 Å². The molecular weight excluding hydrogens is 406 g/mol. The molecule has 0 unspecified atom stereocenters. The molecule has 3 saturated carbocycles. The van der Waals surface area contributed by atoms with Crippen molar-refractivity contribution >= 4 is 17.9 Å². The molecule has 0 bridgehead atoms. The normalized spacial score (nSPS) is 38.8. The Bertz CT molecular complexity index is 722. The van der Waals surface area contributed by atoms with Crippen molar-refractivity contribution < 1.29 is 19.4 Å². The largest absolute Gasteiger partial charge is 0.481 e. The molecule has 182 valence electrons. The van der Waals surface area contributed by atoms with Crippen LogP contribution in [-0.4, -0.2) is 36.7 Å². The lowest BCUT2D eigenvalue weighted by Crippen LogP contribution is -2.55. The lowest BCUT2D eigenvalue weighted by molar-refractivity contribution is -0.172. The molecule has 0 saturated heterocycles. The van der Waals surface area contributed by atoms with Crippen LogP contribution < -0.4 is 11.5 Å². The van der Waals surface area contributed by atoms with Crippen LogP contribution in [0.2, 0.25) is 0 Å². The second-order valence-electron chi connectivity index (χ2n) is 11.1. The van der Waals surface area contributed by atoms with E-state index in [0.717, 1.165) is 64.2 Å². The predicted octanol–water partition coefficient (Wildman–Crippen LogP) is 3.94. The van der Waals surface area contributed by atoms with Crippen LogP contribution in [0, 0.1) is 40.4 Å². The Morgan fingerprint density at radius 1 is 1.09 bits per heavy atom. The first-order chi connectivity index (χ1) is 15.1. The molecule has 3 aliphatic rings. The Morgan fingerprint density at radius 3 is 2.50 bits per heavy atom. The number of hydrogen-bond donors (Lipinski definition) is 3. The molecule has 0 aromatic rings. The third-order valence-corrected chi connectivity index (χ3v) is 9.50. The smallest absolute Gasteiger partial charge is 0.311 e. The van der Waals surface area contributed by atoms with Gasteiger partial charge in [0, 0.05) is 13.0 Å². The molecule has 3 aliphatic carbocycles. The molecule has 0 spiro atoms. The Kier molecular flexibility index (Phi) is 7.77. The fraction of sp³-hybridized carbons (Fsp3) is 0.880. The number of esters is 1. The van der Waals surface area contributed by atoms with Crippen LogP contribution in [-0.2, 0) is 14.3 Å². The highest BCUT2D eigenvalue weighted by atomic mass is 16.5. The van der Waals surface area contributed by atoms with Crippen LogP contribution in [0.15, 0.2) is 4.99 Å². The quantitative estimate of drug-likeness (QED) is 0.223. The van der Waals surface area contributed by atoms with E-state index in [-0.39, 0.29) is 17.3 Å². The molecule has 0 amide bonds. The van der Waals surface area contributed by atoms with Crippen LogP contribution in [0.4, 0.5) is 0 Å². The summed E-state index contributed by atoms with van der Waals surface area (Å²) in [6, 6.07) is 0. The summed E-state index contributed by atoms with van der Waals surface area (Å²) in [5.74, 6) is 1.75. The van der Waals surface area contributed by atoms with Crippen molar-refractivity contribution in [2.24, 2.45) is 56.9 Å². The van der Waals surface area contributed by atoms with E-state index in [1.54, 1.807) is 0 Å². The molecule has 3 fully saturated rings. The molecule has 7 nitrogen and oxygen atoms in total. The Morgan fingerprint density at radius 2 is 1.84 bits per heavy atom. The van der Waals surface area contributed by atoms with E-state index < -0.39 is 11.4 Å². The van der Waals surface area contributed by atoms with Crippen molar-refractivity contribution in [3.05, 3.63) is 0 Å². The molecule has 0 aliphatic heterocycles. The van der Waals surface area contributed by atoms with Gasteiger partial charge in [-0.1, -0.05) is 13.3 Å². The van der Waals surface area contributed by atoms with Gasteiger partial charge in [0.2, 0.25) is 0 Å². The number of carbonyl (C=O) groups excluding carboxylic acids is 1. The molecule has 0 aromatic heterocycles. The highest BCUT2D eigenvalue weighted by molar-refractivity contribution is 5.77. The number of aliphatic imine (C=N–C) groups is 1. The number of hydrogen-bond acceptors (Lipinski definition) is 4. The van der Waals surface area contributed by atoms with E-state index >= 15 is 0 Å². The van der Waals surface area contributed by atoms with E-state index in [1.807, 2.05) is 0 Å². The average Bonchev–Trinajstić information content (AvgIpc) is 2.73. The van der Waals surface area contributed by atoms with Crippen LogP contribution in [0.5, 0.6) is 0 Å². The molecular formula is C25H43N3O4. The lowest BCUT2D eigenvalue weighted by atomic mass is 9.44. The van der Waals surface area contributed by atoms with Gasteiger partial charge in [-0.05, 0) is 99.7 Å². The molecule has 32 heavy (non-hydrogen) atoms. The second-order valence-corrected chi connectivity index (χ2v) is 11.1. The number of fused-ring (bicyclic) bond motifs is 3. The molecule has 3 rings (SSSR count). The summed E-state index contributed by atoms with van der Waals surface area (Å²) in [6.45, 7) is 5.21.